The molecule has 6 nitrogen and oxygen atoms in total. The number of carbonyl (C=O) groups excluding carboxylic acids is 2. The van der Waals surface area contributed by atoms with Crippen LogP contribution in [0.15, 0.2) is 122 Å². The van der Waals surface area contributed by atoms with Gasteiger partial charge in [0.05, 0.1) is 25.2 Å². The van der Waals surface area contributed by atoms with Crippen LogP contribution in [-0.4, -0.2) is 46.9 Å². The smallest absolute Gasteiger partial charge is 0.306 e. The van der Waals surface area contributed by atoms with E-state index in [4.69, 9.17) is 4.74 Å². The molecule has 0 fully saturated rings. The molecule has 3 unspecified atom stereocenters. The molecule has 3 N–H and O–H groups in total. The summed E-state index contributed by atoms with van der Waals surface area (Å²) < 4.78 is 5.84. The highest BCUT2D eigenvalue weighted by Gasteiger charge is 2.23. The van der Waals surface area contributed by atoms with E-state index in [1.165, 1.54) is 64.2 Å². The van der Waals surface area contributed by atoms with Crippen LogP contribution in [0.3, 0.4) is 0 Å². The van der Waals surface area contributed by atoms with Crippen LogP contribution in [0.4, 0.5) is 0 Å². The number of esters is 1. The molecule has 0 aromatic carbocycles. The predicted molar refractivity (Wildman–Crippen MR) is 277 cm³/mol. The molecular formula is C58H95NO5. The Kier molecular flexibility index (Phi) is 47.3. The maximum atomic E-state index is 13.2. The van der Waals surface area contributed by atoms with Crippen molar-refractivity contribution in [1.29, 1.82) is 0 Å². The molecule has 0 bridgehead atoms. The average molecular weight is 886 g/mol. The summed E-state index contributed by atoms with van der Waals surface area (Å²) in [6.07, 6.45) is 69.9. The minimum absolute atomic E-state index is 0.0310. The summed E-state index contributed by atoms with van der Waals surface area (Å²) in [5.74, 6) is -0.661. The van der Waals surface area contributed by atoms with E-state index in [0.717, 1.165) is 89.9 Å². The van der Waals surface area contributed by atoms with Crippen molar-refractivity contribution in [2.75, 3.05) is 6.61 Å². The molecule has 0 saturated carbocycles. The lowest BCUT2D eigenvalue weighted by Crippen LogP contribution is -2.46. The van der Waals surface area contributed by atoms with E-state index in [9.17, 15) is 19.8 Å². The van der Waals surface area contributed by atoms with Gasteiger partial charge >= 0.3 is 5.97 Å². The topological polar surface area (TPSA) is 95.9 Å². The molecule has 0 saturated heterocycles. The Morgan fingerprint density at radius 1 is 0.484 bits per heavy atom. The molecule has 0 aromatic heterocycles. The van der Waals surface area contributed by atoms with E-state index in [1.807, 2.05) is 12.2 Å². The summed E-state index contributed by atoms with van der Waals surface area (Å²) in [6, 6.07) is -0.752. The zero-order valence-corrected chi connectivity index (χ0v) is 41.1. The number of unbranched alkanes of at least 4 members (excludes halogenated alkanes) is 13. The number of ether oxygens (including phenoxy) is 1. The highest BCUT2D eigenvalue weighted by atomic mass is 16.5. The fraction of sp³-hybridized carbons (Fsp3) is 0.621. The van der Waals surface area contributed by atoms with Gasteiger partial charge in [0.1, 0.15) is 6.10 Å². The van der Waals surface area contributed by atoms with Crippen LogP contribution in [0, 0.1) is 0 Å². The molecule has 0 aliphatic carbocycles. The second-order valence-electron chi connectivity index (χ2n) is 16.8. The van der Waals surface area contributed by atoms with Gasteiger partial charge in [-0.15, -0.1) is 0 Å². The summed E-state index contributed by atoms with van der Waals surface area (Å²) in [5, 5.41) is 23.7. The second-order valence-corrected chi connectivity index (χ2v) is 16.8. The van der Waals surface area contributed by atoms with Crippen molar-refractivity contribution in [2.45, 2.75) is 225 Å². The van der Waals surface area contributed by atoms with Gasteiger partial charge in [0.25, 0.3) is 0 Å². The Morgan fingerprint density at radius 2 is 0.859 bits per heavy atom. The van der Waals surface area contributed by atoms with Crippen molar-refractivity contribution in [3.63, 3.8) is 0 Å². The third-order valence-electron chi connectivity index (χ3n) is 10.8. The van der Waals surface area contributed by atoms with Crippen molar-refractivity contribution in [3.8, 4) is 0 Å². The van der Waals surface area contributed by atoms with Gasteiger partial charge in [0.2, 0.25) is 5.91 Å². The minimum atomic E-state index is -0.829. The van der Waals surface area contributed by atoms with Gasteiger partial charge in [-0.1, -0.05) is 226 Å². The van der Waals surface area contributed by atoms with Crippen molar-refractivity contribution in [1.82, 2.24) is 5.32 Å². The summed E-state index contributed by atoms with van der Waals surface area (Å²) >= 11 is 0. The number of rotatable bonds is 44. The molecule has 0 heterocycles. The lowest BCUT2D eigenvalue weighted by Gasteiger charge is -2.24. The molecule has 0 aromatic rings. The molecule has 6 heteroatoms. The van der Waals surface area contributed by atoms with Crippen molar-refractivity contribution >= 4 is 11.9 Å². The Hall–Kier alpha value is -3.74. The van der Waals surface area contributed by atoms with Gasteiger partial charge in [-0.05, 0) is 83.5 Å². The molecule has 1 amide bonds. The fourth-order valence-electron chi connectivity index (χ4n) is 6.96. The largest absolute Gasteiger partial charge is 0.461 e. The summed E-state index contributed by atoms with van der Waals surface area (Å²) in [5.41, 5.74) is 0. The number of nitrogens with one attached hydrogen (secondary N) is 1. The highest BCUT2D eigenvalue weighted by molar-refractivity contribution is 5.77. The lowest BCUT2D eigenvalue weighted by atomic mass is 10.0. The van der Waals surface area contributed by atoms with E-state index in [0.29, 0.717) is 19.3 Å². The number of carbonyl (C=O) groups is 2. The van der Waals surface area contributed by atoms with Crippen LogP contribution >= 0.6 is 0 Å². The Labute approximate surface area is 393 Å². The molecule has 0 spiro atoms. The van der Waals surface area contributed by atoms with Gasteiger partial charge in [-0.2, -0.15) is 0 Å². The number of aliphatic hydroxyl groups is 2. The molecule has 3 atom stereocenters. The standard InChI is InChI=1S/C58H95NO5/c1-4-7-10-13-16-19-22-25-27-28-30-33-36-39-42-45-48-51-58(63)64-54(49-46-43-40-37-34-32-29-26-23-20-17-14-11-8-5-2)52-57(62)59-55(53-60)56(61)50-47-44-41-38-35-31-24-21-18-15-12-9-6-3/h7-8,10-11,16-17,19-20,25-27,29-30,33-34,37,39,42-43,46,54-56,60-61H,4-6,9,12-15,18,21-24,28,31-32,35-36,38,40-41,44-45,47-53H2,1-3H3,(H,59,62)/b10-7-,11-8-,19-16-,20-17-,27-25-,29-26-,33-30-,37-34-,42-39-,46-43-. The number of hydrogen-bond acceptors (Lipinski definition) is 5. The molecular weight excluding hydrogens is 791 g/mol. The van der Waals surface area contributed by atoms with Crippen molar-refractivity contribution < 1.29 is 24.5 Å². The van der Waals surface area contributed by atoms with Gasteiger partial charge in [-0.25, -0.2) is 0 Å². The number of aliphatic hydroxyl groups excluding tert-OH is 2. The third-order valence-corrected chi connectivity index (χ3v) is 10.8. The zero-order valence-electron chi connectivity index (χ0n) is 41.1. The van der Waals surface area contributed by atoms with Crippen LogP contribution < -0.4 is 5.32 Å². The molecule has 0 aliphatic rings. The normalized spacial score (nSPS) is 14.3. The molecule has 362 valence electrons. The predicted octanol–water partition coefficient (Wildman–Crippen LogP) is 15.7. The van der Waals surface area contributed by atoms with Crippen molar-refractivity contribution in [3.05, 3.63) is 122 Å². The van der Waals surface area contributed by atoms with Crippen LogP contribution in [0.1, 0.15) is 207 Å². The monoisotopic (exact) mass is 886 g/mol. The molecule has 0 rings (SSSR count). The quantitative estimate of drug-likeness (QED) is 0.0322. The van der Waals surface area contributed by atoms with Crippen LogP contribution in [0.5, 0.6) is 0 Å². The van der Waals surface area contributed by atoms with E-state index in [-0.39, 0.29) is 31.3 Å². The Balaban J connectivity index is 4.84. The van der Waals surface area contributed by atoms with Crippen LogP contribution in [-0.2, 0) is 14.3 Å². The number of amides is 1. The first-order valence-electron chi connectivity index (χ1n) is 25.8. The average Bonchev–Trinajstić information content (AvgIpc) is 3.29. The van der Waals surface area contributed by atoms with E-state index < -0.39 is 18.2 Å². The zero-order chi connectivity index (χ0) is 46.7. The summed E-state index contributed by atoms with van der Waals surface area (Å²) in [4.78, 5) is 26.1. The van der Waals surface area contributed by atoms with Gasteiger partial charge in [0.15, 0.2) is 0 Å². The first-order chi connectivity index (χ1) is 31.5. The number of allylic oxidation sites excluding steroid dienone is 19. The number of hydrogen-bond donors (Lipinski definition) is 3. The maximum Gasteiger partial charge on any atom is 0.306 e. The van der Waals surface area contributed by atoms with Crippen LogP contribution in [0.25, 0.3) is 0 Å². The van der Waals surface area contributed by atoms with Gasteiger partial charge < -0.3 is 20.3 Å². The SMILES string of the molecule is CC/C=C\C/C=C\C/C=C\C/C=C\C/C=C\CCCC(=O)OC(C/C=C\C/C=C\C/C=C\C/C=C\C/C=C\CC)CC(=O)NC(CO)C(O)CCCCCCCCCCCCCCC. The van der Waals surface area contributed by atoms with E-state index >= 15 is 0 Å². The maximum absolute atomic E-state index is 13.2. The highest BCUT2D eigenvalue weighted by Crippen LogP contribution is 2.15. The Morgan fingerprint density at radius 3 is 1.27 bits per heavy atom. The summed E-state index contributed by atoms with van der Waals surface area (Å²) in [6.45, 7) is 6.20. The summed E-state index contributed by atoms with van der Waals surface area (Å²) in [7, 11) is 0. The molecule has 0 aliphatic heterocycles. The lowest BCUT2D eigenvalue weighted by molar-refractivity contribution is -0.150. The third kappa shape index (κ3) is 44.9. The minimum Gasteiger partial charge on any atom is -0.461 e. The second kappa shape index (κ2) is 50.3. The fourth-order valence-corrected chi connectivity index (χ4v) is 6.96. The van der Waals surface area contributed by atoms with E-state index in [2.05, 4.69) is 135 Å². The van der Waals surface area contributed by atoms with Crippen molar-refractivity contribution in [2.24, 2.45) is 0 Å². The van der Waals surface area contributed by atoms with Crippen LogP contribution in [0.2, 0.25) is 0 Å². The Bertz CT molecular complexity index is 1360. The van der Waals surface area contributed by atoms with Gasteiger partial charge in [0, 0.05) is 12.8 Å². The van der Waals surface area contributed by atoms with Gasteiger partial charge in [-0.3, -0.25) is 9.59 Å². The molecule has 64 heavy (non-hydrogen) atoms. The van der Waals surface area contributed by atoms with E-state index in [1.54, 1.807) is 0 Å². The molecule has 0 radical (unpaired) electrons. The first-order valence-corrected chi connectivity index (χ1v) is 25.8. The first kappa shape index (κ1) is 60.3.